The second-order valence-corrected chi connectivity index (χ2v) is 6.38. The predicted octanol–water partition coefficient (Wildman–Crippen LogP) is 2.91. The monoisotopic (exact) mass is 262 g/mol. The Labute approximate surface area is 111 Å². The Morgan fingerprint density at radius 3 is 2.61 bits per heavy atom. The minimum absolute atomic E-state index is 0.204. The first-order valence-corrected chi connectivity index (χ1v) is 6.82. The number of rotatable bonds is 1. The molecule has 0 N–H and O–H groups in total. The van der Waals surface area contributed by atoms with Crippen molar-refractivity contribution < 1.29 is 10.0 Å². The average Bonchev–Trinajstić information content (AvgIpc) is 2.92. The Morgan fingerprint density at radius 1 is 1.39 bits per heavy atom. The normalized spacial score (nSPS) is 26.7. The molecule has 1 aliphatic rings. The van der Waals surface area contributed by atoms with E-state index in [1.807, 2.05) is 32.2 Å². The molecule has 0 saturated carbocycles. The summed E-state index contributed by atoms with van der Waals surface area (Å²) in [5.74, 6) is 5.28. The third-order valence-corrected chi connectivity index (χ3v) is 4.28. The summed E-state index contributed by atoms with van der Waals surface area (Å²) in [6.45, 7) is 5.63. The van der Waals surface area contributed by atoms with Gasteiger partial charge in [-0.05, 0) is 51.0 Å². The number of hydrogen-bond donors (Lipinski definition) is 0. The van der Waals surface area contributed by atoms with E-state index in [9.17, 15) is 10.0 Å². The second kappa shape index (κ2) is 4.51. The Balaban J connectivity index is 2.18. The number of hydrogen-bond acceptors (Lipinski definition) is 3. The highest BCUT2D eigenvalue weighted by molar-refractivity contribution is 7.12. The van der Waals surface area contributed by atoms with Crippen molar-refractivity contribution in [2.45, 2.75) is 44.7 Å². The van der Waals surface area contributed by atoms with Gasteiger partial charge in [-0.2, -0.15) is 0 Å². The van der Waals surface area contributed by atoms with Gasteiger partial charge in [0.25, 0.3) is 0 Å². The molecule has 18 heavy (non-hydrogen) atoms. The molecule has 4 heteroatoms. The van der Waals surface area contributed by atoms with Crippen LogP contribution in [0.4, 0.5) is 0 Å². The van der Waals surface area contributed by atoms with Gasteiger partial charge in [-0.15, -0.1) is 21.6 Å². The predicted molar refractivity (Wildman–Crippen MR) is 70.7 cm³/mol. The van der Waals surface area contributed by atoms with Crippen LogP contribution in [-0.2, 0) is 5.21 Å². The molecule has 0 bridgehead atoms. The van der Waals surface area contributed by atoms with Gasteiger partial charge < -0.3 is 0 Å². The first kappa shape index (κ1) is 13.3. The van der Waals surface area contributed by atoms with Crippen LogP contribution in [0.2, 0.25) is 0 Å². The Kier molecular flexibility index (Phi) is 3.33. The molecular formula is C14H16NO2S. The van der Waals surface area contributed by atoms with Gasteiger partial charge in [0.05, 0.1) is 4.88 Å². The minimum atomic E-state index is -0.740. The molecule has 1 atom stereocenters. The lowest BCUT2D eigenvalue weighted by atomic mass is 9.99. The zero-order chi connectivity index (χ0) is 13.4. The standard InChI is InChI=1S/C14H16NO2S/c1-13(2)8-9-14(3,15(13)17)7-6-11(16)12-5-4-10-18-12/h4-5,10H,8-9H2,1-3H3. The lowest BCUT2D eigenvalue weighted by Gasteiger charge is -2.30. The van der Waals surface area contributed by atoms with Crippen LogP contribution < -0.4 is 0 Å². The van der Waals surface area contributed by atoms with E-state index in [0.717, 1.165) is 11.5 Å². The number of carbonyl (C=O) groups is 1. The van der Waals surface area contributed by atoms with E-state index in [0.29, 0.717) is 11.3 Å². The summed E-state index contributed by atoms with van der Waals surface area (Å²) >= 11 is 1.37. The molecule has 0 spiro atoms. The number of nitrogens with zero attached hydrogens (tertiary/aromatic N) is 1. The van der Waals surface area contributed by atoms with Crippen LogP contribution in [-0.4, -0.2) is 21.9 Å². The van der Waals surface area contributed by atoms with E-state index >= 15 is 0 Å². The van der Waals surface area contributed by atoms with Gasteiger partial charge in [-0.25, -0.2) is 0 Å². The molecule has 0 aromatic carbocycles. The molecule has 95 valence electrons. The average molecular weight is 262 g/mol. The molecule has 1 fully saturated rings. The third-order valence-electron chi connectivity index (χ3n) is 3.41. The molecule has 1 unspecified atom stereocenters. The van der Waals surface area contributed by atoms with Crippen LogP contribution in [0.5, 0.6) is 0 Å². The van der Waals surface area contributed by atoms with E-state index in [2.05, 4.69) is 11.8 Å². The summed E-state index contributed by atoms with van der Waals surface area (Å²) in [4.78, 5) is 12.4. The quantitative estimate of drug-likeness (QED) is 0.443. The van der Waals surface area contributed by atoms with Crippen molar-refractivity contribution in [3.8, 4) is 11.8 Å². The fourth-order valence-corrected chi connectivity index (χ4v) is 2.81. The minimum Gasteiger partial charge on any atom is -0.278 e. The van der Waals surface area contributed by atoms with Gasteiger partial charge in [0.1, 0.15) is 5.54 Å². The Morgan fingerprint density at radius 2 is 2.11 bits per heavy atom. The SMILES string of the molecule is CC1(C)CCC(C)(C#CC(=O)c2cccs2)N1[O]. The van der Waals surface area contributed by atoms with Gasteiger partial charge in [0.15, 0.2) is 0 Å². The van der Waals surface area contributed by atoms with Gasteiger partial charge >= 0.3 is 0 Å². The molecule has 1 saturated heterocycles. The topological polar surface area (TPSA) is 40.2 Å². The summed E-state index contributed by atoms with van der Waals surface area (Å²) < 4.78 is 0. The molecule has 0 amide bonds. The van der Waals surface area contributed by atoms with Crippen LogP contribution in [0.3, 0.4) is 0 Å². The first-order chi connectivity index (χ1) is 8.35. The number of thiophene rings is 1. The highest BCUT2D eigenvalue weighted by Crippen LogP contribution is 2.38. The molecule has 1 aromatic rings. The fraction of sp³-hybridized carbons (Fsp3) is 0.500. The van der Waals surface area contributed by atoms with Crippen molar-refractivity contribution in [2.24, 2.45) is 0 Å². The van der Waals surface area contributed by atoms with Crippen LogP contribution >= 0.6 is 11.3 Å². The van der Waals surface area contributed by atoms with Crippen LogP contribution in [0.15, 0.2) is 17.5 Å². The largest absolute Gasteiger partial charge is 0.278 e. The van der Waals surface area contributed by atoms with Gasteiger partial charge in [-0.1, -0.05) is 12.0 Å². The van der Waals surface area contributed by atoms with Gasteiger partial charge in [0, 0.05) is 5.54 Å². The van der Waals surface area contributed by atoms with Crippen molar-refractivity contribution in [2.75, 3.05) is 0 Å². The Hall–Kier alpha value is -1.15. The van der Waals surface area contributed by atoms with Crippen LogP contribution in [0.25, 0.3) is 0 Å². The van der Waals surface area contributed by atoms with E-state index in [1.54, 1.807) is 6.07 Å². The van der Waals surface area contributed by atoms with Crippen molar-refractivity contribution in [3.05, 3.63) is 22.4 Å². The summed E-state index contributed by atoms with van der Waals surface area (Å²) in [6, 6.07) is 3.57. The maximum atomic E-state index is 12.2. The lowest BCUT2D eigenvalue weighted by Crippen LogP contribution is -2.45. The molecule has 3 nitrogen and oxygen atoms in total. The maximum Gasteiger partial charge on any atom is 0.245 e. The Bertz CT molecular complexity index is 510. The summed E-state index contributed by atoms with van der Waals surface area (Å²) in [5, 5.41) is 15.0. The zero-order valence-corrected chi connectivity index (χ0v) is 11.6. The highest BCUT2D eigenvalue weighted by atomic mass is 32.1. The molecule has 0 aliphatic carbocycles. The first-order valence-electron chi connectivity index (χ1n) is 5.94. The second-order valence-electron chi connectivity index (χ2n) is 5.44. The van der Waals surface area contributed by atoms with Crippen molar-refractivity contribution in [1.82, 2.24) is 5.06 Å². The smallest absolute Gasteiger partial charge is 0.245 e. The van der Waals surface area contributed by atoms with E-state index in [1.165, 1.54) is 11.3 Å². The van der Waals surface area contributed by atoms with Crippen LogP contribution in [0, 0.1) is 11.8 Å². The van der Waals surface area contributed by atoms with Crippen molar-refractivity contribution in [1.29, 1.82) is 0 Å². The van der Waals surface area contributed by atoms with Gasteiger partial charge in [-0.3, -0.25) is 4.79 Å². The van der Waals surface area contributed by atoms with Gasteiger partial charge in [0.2, 0.25) is 5.78 Å². The van der Waals surface area contributed by atoms with E-state index in [4.69, 9.17) is 0 Å². The highest BCUT2D eigenvalue weighted by Gasteiger charge is 2.47. The molecular weight excluding hydrogens is 246 g/mol. The van der Waals surface area contributed by atoms with E-state index in [-0.39, 0.29) is 5.78 Å². The molecule has 2 rings (SSSR count). The summed E-state index contributed by atoms with van der Waals surface area (Å²) in [7, 11) is 0. The maximum absolute atomic E-state index is 12.2. The summed E-state index contributed by atoms with van der Waals surface area (Å²) in [5.41, 5.74) is -1.13. The van der Waals surface area contributed by atoms with Crippen molar-refractivity contribution >= 4 is 17.1 Å². The zero-order valence-electron chi connectivity index (χ0n) is 10.8. The molecule has 1 radical (unpaired) electrons. The number of carbonyl (C=O) groups excluding carboxylic acids is 1. The van der Waals surface area contributed by atoms with Crippen LogP contribution in [0.1, 0.15) is 43.3 Å². The van der Waals surface area contributed by atoms with Crippen molar-refractivity contribution in [3.63, 3.8) is 0 Å². The number of Topliss-reactive ketones (excluding diaryl/α,β-unsaturated/α-hetero) is 1. The molecule has 2 heterocycles. The van der Waals surface area contributed by atoms with E-state index < -0.39 is 11.1 Å². The molecule has 1 aromatic heterocycles. The number of ketones is 1. The fourth-order valence-electron chi connectivity index (χ4n) is 2.19. The number of hydroxylamine groups is 2. The third kappa shape index (κ3) is 2.35. The lowest BCUT2D eigenvalue weighted by molar-refractivity contribution is -0.234. The summed E-state index contributed by atoms with van der Waals surface area (Å²) in [6.07, 6.45) is 1.50. The molecule has 1 aliphatic heterocycles.